The summed E-state index contributed by atoms with van der Waals surface area (Å²) in [4.78, 5) is 25.0. The topological polar surface area (TPSA) is 56.5 Å². The quantitative estimate of drug-likeness (QED) is 0.316. The second-order valence-corrected chi connectivity index (χ2v) is 14.0. The van der Waals surface area contributed by atoms with Gasteiger partial charge in [-0.2, -0.15) is 0 Å². The molecule has 0 bridgehead atoms. The summed E-state index contributed by atoms with van der Waals surface area (Å²) < 4.78 is 11.6. The lowest BCUT2D eigenvalue weighted by molar-refractivity contribution is -0.167. The van der Waals surface area contributed by atoms with Crippen LogP contribution in [0.15, 0.2) is 32.5 Å². The van der Waals surface area contributed by atoms with Crippen LogP contribution in [0, 0.1) is 27.6 Å². The zero-order valence-corrected chi connectivity index (χ0v) is 23.8. The van der Waals surface area contributed by atoms with Crippen LogP contribution in [0.4, 0.5) is 0 Å². The van der Waals surface area contributed by atoms with Crippen LogP contribution in [0.1, 0.15) is 130 Å². The van der Waals surface area contributed by atoms with Gasteiger partial charge in [0.25, 0.3) is 0 Å². The van der Waals surface area contributed by atoms with E-state index >= 15 is 0 Å². The van der Waals surface area contributed by atoms with Gasteiger partial charge < -0.3 is 9.15 Å². The Bertz CT molecular complexity index is 1150. The van der Waals surface area contributed by atoms with Crippen LogP contribution in [0.5, 0.6) is 0 Å². The molecule has 0 aliphatic heterocycles. The Kier molecular flexibility index (Phi) is 5.97. The van der Waals surface area contributed by atoms with Gasteiger partial charge in [-0.05, 0) is 91.6 Å². The Labute approximate surface area is 217 Å². The molecule has 4 nitrogen and oxygen atoms in total. The van der Waals surface area contributed by atoms with Crippen molar-refractivity contribution in [3.05, 3.63) is 45.0 Å². The van der Waals surface area contributed by atoms with Gasteiger partial charge in [0, 0.05) is 23.8 Å². The zero-order chi connectivity index (χ0) is 26.3. The number of hydrogen-bond donors (Lipinski definition) is 0. The maximum absolute atomic E-state index is 13.1. The highest BCUT2D eigenvalue weighted by Crippen LogP contribution is 2.73. The van der Waals surface area contributed by atoms with E-state index in [1.54, 1.807) is 18.1 Å². The highest BCUT2D eigenvalue weighted by atomic mass is 16.5. The van der Waals surface area contributed by atoms with Crippen molar-refractivity contribution in [3.8, 4) is 0 Å². The highest BCUT2D eigenvalue weighted by molar-refractivity contribution is 5.66. The molecular formula is C32H46O4. The van der Waals surface area contributed by atoms with Crippen molar-refractivity contribution in [3.63, 3.8) is 0 Å². The van der Waals surface area contributed by atoms with E-state index in [-0.39, 0.29) is 51.2 Å². The largest absolute Gasteiger partial charge is 0.462 e. The molecule has 1 heterocycles. The average Bonchev–Trinajstić information content (AvgIpc) is 3.07. The number of carbonyl (C=O) groups excluding carboxylic acids is 1. The second-order valence-electron chi connectivity index (χ2n) is 14.0. The number of allylic oxidation sites excluding steroid dienone is 2. The Balaban J connectivity index is 1.52. The number of fused-ring (bicyclic) bond motifs is 4. The first kappa shape index (κ1) is 25.8. The molecule has 1 aromatic rings. The van der Waals surface area contributed by atoms with Crippen LogP contribution < -0.4 is 5.63 Å². The van der Waals surface area contributed by atoms with E-state index in [9.17, 15) is 9.59 Å². The number of ether oxygens (including phenoxy) is 1. The summed E-state index contributed by atoms with van der Waals surface area (Å²) in [6.45, 7) is 17.8. The summed E-state index contributed by atoms with van der Waals surface area (Å²) in [7, 11) is 0. The fourth-order valence-corrected chi connectivity index (χ4v) is 9.57. The van der Waals surface area contributed by atoms with Gasteiger partial charge in [-0.25, -0.2) is 4.79 Å². The maximum atomic E-state index is 13.1. The molecule has 4 aliphatic carbocycles. The second kappa shape index (κ2) is 8.33. The van der Waals surface area contributed by atoms with Crippen molar-refractivity contribution in [2.75, 3.05) is 0 Å². The lowest BCUT2D eigenvalue weighted by Crippen LogP contribution is -2.55. The standard InChI is InChI=1S/C32H46O4/c1-19(2)25-11-9-21(28(34)36-25)22-13-17-32(8)24-10-12-26-29(4,5)27(35-20(3)33)15-16-30(26,6)23(24)14-18-31(22,32)7/h9,11,19,22,26-27H,10,12-18H2,1-8H3. The van der Waals surface area contributed by atoms with Crippen molar-refractivity contribution in [2.24, 2.45) is 27.6 Å². The molecule has 4 aliphatic rings. The third-order valence-electron chi connectivity index (χ3n) is 11.8. The van der Waals surface area contributed by atoms with E-state index < -0.39 is 0 Å². The Morgan fingerprint density at radius 3 is 2.33 bits per heavy atom. The van der Waals surface area contributed by atoms with Gasteiger partial charge in [-0.15, -0.1) is 0 Å². The summed E-state index contributed by atoms with van der Waals surface area (Å²) in [6.07, 6.45) is 8.75. The van der Waals surface area contributed by atoms with Gasteiger partial charge >= 0.3 is 11.6 Å². The summed E-state index contributed by atoms with van der Waals surface area (Å²) in [5.74, 6) is 1.60. The molecule has 0 saturated heterocycles. The molecule has 0 radical (unpaired) electrons. The van der Waals surface area contributed by atoms with Crippen LogP contribution >= 0.6 is 0 Å². The molecule has 0 N–H and O–H groups in total. The van der Waals surface area contributed by atoms with Gasteiger partial charge in [0.15, 0.2) is 0 Å². The predicted molar refractivity (Wildman–Crippen MR) is 143 cm³/mol. The Hall–Kier alpha value is -1.84. The van der Waals surface area contributed by atoms with E-state index in [0.29, 0.717) is 5.92 Å². The highest BCUT2D eigenvalue weighted by Gasteiger charge is 2.63. The number of carbonyl (C=O) groups is 1. The van der Waals surface area contributed by atoms with E-state index in [4.69, 9.17) is 9.15 Å². The number of rotatable bonds is 3. The van der Waals surface area contributed by atoms with E-state index in [1.165, 1.54) is 0 Å². The normalized spacial score (nSPS) is 39.4. The third-order valence-corrected chi connectivity index (χ3v) is 11.8. The molecule has 0 amide bonds. The van der Waals surface area contributed by atoms with Crippen molar-refractivity contribution in [1.82, 2.24) is 0 Å². The summed E-state index contributed by atoms with van der Waals surface area (Å²) in [6, 6.07) is 4.10. The van der Waals surface area contributed by atoms with E-state index in [2.05, 4.69) is 54.5 Å². The van der Waals surface area contributed by atoms with Crippen molar-refractivity contribution in [1.29, 1.82) is 0 Å². The zero-order valence-electron chi connectivity index (χ0n) is 23.8. The molecular weight excluding hydrogens is 448 g/mol. The first-order valence-electron chi connectivity index (χ1n) is 14.3. The first-order chi connectivity index (χ1) is 16.8. The molecule has 2 fully saturated rings. The first-order valence-corrected chi connectivity index (χ1v) is 14.3. The van der Waals surface area contributed by atoms with Gasteiger partial charge in [0.2, 0.25) is 0 Å². The van der Waals surface area contributed by atoms with Gasteiger partial charge in [-0.3, -0.25) is 4.79 Å². The molecule has 6 atom stereocenters. The SMILES string of the molecule is CC(=O)OC1CCC2(C)C3=C(CCC2C1(C)C)C1(C)CCC(c2ccc(C(C)C)oc2=O)C1(C)CC3. The van der Waals surface area contributed by atoms with Crippen LogP contribution in [0.2, 0.25) is 0 Å². The van der Waals surface area contributed by atoms with Gasteiger partial charge in [0.05, 0.1) is 0 Å². The minimum absolute atomic E-state index is 0.00330. The van der Waals surface area contributed by atoms with Crippen molar-refractivity contribution in [2.45, 2.75) is 125 Å². The molecule has 6 unspecified atom stereocenters. The van der Waals surface area contributed by atoms with E-state index in [0.717, 1.165) is 62.7 Å². The Morgan fingerprint density at radius 1 is 0.972 bits per heavy atom. The van der Waals surface area contributed by atoms with Crippen LogP contribution in [0.25, 0.3) is 0 Å². The molecule has 0 aromatic carbocycles. The Morgan fingerprint density at radius 2 is 1.69 bits per heavy atom. The smallest absolute Gasteiger partial charge is 0.339 e. The van der Waals surface area contributed by atoms with Gasteiger partial charge in [-0.1, -0.05) is 59.6 Å². The molecule has 0 spiro atoms. The van der Waals surface area contributed by atoms with Crippen LogP contribution in [-0.4, -0.2) is 12.1 Å². The van der Waals surface area contributed by atoms with E-state index in [1.807, 2.05) is 6.07 Å². The average molecular weight is 495 g/mol. The summed E-state index contributed by atoms with van der Waals surface area (Å²) in [5, 5.41) is 0. The molecule has 198 valence electrons. The van der Waals surface area contributed by atoms with Crippen molar-refractivity contribution >= 4 is 5.97 Å². The predicted octanol–water partition coefficient (Wildman–Crippen LogP) is 7.91. The monoisotopic (exact) mass is 494 g/mol. The summed E-state index contributed by atoms with van der Waals surface area (Å²) in [5.41, 5.74) is 4.46. The summed E-state index contributed by atoms with van der Waals surface area (Å²) >= 11 is 0. The van der Waals surface area contributed by atoms with Gasteiger partial charge in [0.1, 0.15) is 11.9 Å². The maximum Gasteiger partial charge on any atom is 0.339 e. The molecule has 4 heteroatoms. The number of esters is 1. The molecule has 1 aromatic heterocycles. The van der Waals surface area contributed by atoms with Crippen LogP contribution in [0.3, 0.4) is 0 Å². The fraction of sp³-hybridized carbons (Fsp3) is 0.750. The van der Waals surface area contributed by atoms with Crippen molar-refractivity contribution < 1.29 is 13.9 Å². The third kappa shape index (κ3) is 3.45. The molecule has 2 saturated carbocycles. The molecule has 5 rings (SSSR count). The minimum atomic E-state index is -0.156. The number of hydrogen-bond acceptors (Lipinski definition) is 4. The fourth-order valence-electron chi connectivity index (χ4n) is 9.57. The van der Waals surface area contributed by atoms with Crippen LogP contribution in [-0.2, 0) is 9.53 Å². The lowest BCUT2D eigenvalue weighted by atomic mass is 9.43. The lowest BCUT2D eigenvalue weighted by Gasteiger charge is -2.62. The minimum Gasteiger partial charge on any atom is -0.462 e. The molecule has 36 heavy (non-hydrogen) atoms.